The number of nitrogens with zero attached hydrogens (tertiary/aromatic N) is 1. The first-order chi connectivity index (χ1) is 7.22. The lowest BCUT2D eigenvalue weighted by Gasteiger charge is -2.04. The number of nitrogens with one attached hydrogen (secondary N) is 1. The van der Waals surface area contributed by atoms with E-state index in [1.165, 1.54) is 6.33 Å². The molecule has 0 atom stereocenters. The van der Waals surface area contributed by atoms with Crippen LogP contribution in [0.5, 0.6) is 0 Å². The van der Waals surface area contributed by atoms with Crippen molar-refractivity contribution in [3.05, 3.63) is 47.0 Å². The van der Waals surface area contributed by atoms with E-state index in [9.17, 15) is 4.79 Å². The van der Waals surface area contributed by atoms with Crippen LogP contribution < -0.4 is 5.56 Å². The fraction of sp³-hybridized carbons (Fsp3) is 0.0909. The van der Waals surface area contributed by atoms with Gasteiger partial charge in [-0.25, -0.2) is 4.98 Å². The third-order valence-corrected chi connectivity index (χ3v) is 2.21. The standard InChI is InChI=1S/C11H10N2O2/c1-7(15-2)8-3-4-9-10(5-8)12-6-13-11(9)14/h3-6H,1H2,2H3,(H,12,13,14). The van der Waals surface area contributed by atoms with Crippen molar-refractivity contribution in [2.24, 2.45) is 0 Å². The van der Waals surface area contributed by atoms with E-state index in [1.807, 2.05) is 0 Å². The Bertz CT molecular complexity index is 572. The van der Waals surface area contributed by atoms with Crippen LogP contribution in [0.25, 0.3) is 16.7 Å². The molecule has 0 saturated carbocycles. The van der Waals surface area contributed by atoms with Crippen LogP contribution in [0, 0.1) is 0 Å². The summed E-state index contributed by atoms with van der Waals surface area (Å²) in [5.41, 5.74) is 1.31. The molecule has 1 aromatic heterocycles. The highest BCUT2D eigenvalue weighted by Crippen LogP contribution is 2.16. The molecule has 0 radical (unpaired) electrons. The molecule has 0 spiro atoms. The summed E-state index contributed by atoms with van der Waals surface area (Å²) in [5.74, 6) is 0.555. The molecular formula is C11H10N2O2. The Morgan fingerprint density at radius 2 is 2.33 bits per heavy atom. The van der Waals surface area contributed by atoms with Crippen LogP contribution in [0.1, 0.15) is 5.56 Å². The number of aromatic nitrogens is 2. The Morgan fingerprint density at radius 3 is 3.07 bits per heavy atom. The molecule has 76 valence electrons. The molecular weight excluding hydrogens is 192 g/mol. The SMILES string of the molecule is C=C(OC)c1ccc2c(=O)[nH]cnc2c1. The number of fused-ring (bicyclic) bond motifs is 1. The van der Waals surface area contributed by atoms with Gasteiger partial charge in [-0.05, 0) is 12.1 Å². The summed E-state index contributed by atoms with van der Waals surface area (Å²) in [5, 5.41) is 0.560. The maximum absolute atomic E-state index is 11.4. The van der Waals surface area contributed by atoms with Crippen molar-refractivity contribution in [1.29, 1.82) is 0 Å². The van der Waals surface area contributed by atoms with E-state index in [0.717, 1.165) is 5.56 Å². The quantitative estimate of drug-likeness (QED) is 0.751. The number of ether oxygens (including phenoxy) is 1. The maximum atomic E-state index is 11.4. The highest BCUT2D eigenvalue weighted by molar-refractivity contribution is 5.80. The molecule has 0 aliphatic rings. The van der Waals surface area contributed by atoms with Crippen LogP contribution in [0.4, 0.5) is 0 Å². The minimum Gasteiger partial charge on any atom is -0.497 e. The molecule has 4 nitrogen and oxygen atoms in total. The highest BCUT2D eigenvalue weighted by Gasteiger charge is 2.03. The van der Waals surface area contributed by atoms with E-state index in [2.05, 4.69) is 16.5 Å². The summed E-state index contributed by atoms with van der Waals surface area (Å²) >= 11 is 0. The first-order valence-electron chi connectivity index (χ1n) is 4.43. The molecule has 2 aromatic rings. The Balaban J connectivity index is 2.67. The van der Waals surface area contributed by atoms with Gasteiger partial charge < -0.3 is 9.72 Å². The van der Waals surface area contributed by atoms with E-state index in [-0.39, 0.29) is 5.56 Å². The number of aromatic amines is 1. The van der Waals surface area contributed by atoms with Gasteiger partial charge in [-0.15, -0.1) is 0 Å². The average Bonchev–Trinajstić information content (AvgIpc) is 2.28. The van der Waals surface area contributed by atoms with E-state index in [4.69, 9.17) is 4.74 Å². The van der Waals surface area contributed by atoms with Crippen molar-refractivity contribution in [2.75, 3.05) is 7.11 Å². The van der Waals surface area contributed by atoms with Crippen molar-refractivity contribution < 1.29 is 4.74 Å². The summed E-state index contributed by atoms with van der Waals surface area (Å²) in [6.45, 7) is 3.74. The normalized spacial score (nSPS) is 10.2. The van der Waals surface area contributed by atoms with E-state index in [1.54, 1.807) is 25.3 Å². The fourth-order valence-electron chi connectivity index (χ4n) is 1.36. The number of H-pyrrole nitrogens is 1. The minimum absolute atomic E-state index is 0.144. The van der Waals surface area contributed by atoms with Gasteiger partial charge in [0.1, 0.15) is 5.76 Å². The van der Waals surface area contributed by atoms with Crippen molar-refractivity contribution in [2.45, 2.75) is 0 Å². The number of methoxy groups -OCH3 is 1. The minimum atomic E-state index is -0.144. The molecule has 1 N–H and O–H groups in total. The molecule has 1 heterocycles. The number of hydrogen-bond donors (Lipinski definition) is 1. The maximum Gasteiger partial charge on any atom is 0.258 e. The monoisotopic (exact) mass is 202 g/mol. The van der Waals surface area contributed by atoms with Gasteiger partial charge in [0.25, 0.3) is 5.56 Å². The van der Waals surface area contributed by atoms with Gasteiger partial charge in [-0.1, -0.05) is 12.6 Å². The first kappa shape index (κ1) is 9.45. The Kier molecular flexibility index (Phi) is 2.25. The van der Waals surface area contributed by atoms with Gasteiger partial charge in [0.2, 0.25) is 0 Å². The Labute approximate surface area is 86.2 Å². The van der Waals surface area contributed by atoms with Gasteiger partial charge in [0, 0.05) is 5.56 Å². The second-order valence-corrected chi connectivity index (χ2v) is 3.09. The van der Waals surface area contributed by atoms with Gasteiger partial charge in [-0.2, -0.15) is 0 Å². The molecule has 1 aromatic carbocycles. The molecule has 0 fully saturated rings. The zero-order chi connectivity index (χ0) is 10.8. The largest absolute Gasteiger partial charge is 0.497 e. The van der Waals surface area contributed by atoms with E-state index in [0.29, 0.717) is 16.7 Å². The summed E-state index contributed by atoms with van der Waals surface area (Å²) in [6, 6.07) is 5.27. The molecule has 0 saturated heterocycles. The van der Waals surface area contributed by atoms with E-state index < -0.39 is 0 Å². The second-order valence-electron chi connectivity index (χ2n) is 3.09. The van der Waals surface area contributed by atoms with Crippen molar-refractivity contribution in [1.82, 2.24) is 9.97 Å². The molecule has 0 aliphatic heterocycles. The Hall–Kier alpha value is -2.10. The van der Waals surface area contributed by atoms with Gasteiger partial charge in [0.05, 0.1) is 24.3 Å². The molecule has 2 rings (SSSR count). The van der Waals surface area contributed by atoms with Gasteiger partial charge in [0.15, 0.2) is 0 Å². The summed E-state index contributed by atoms with van der Waals surface area (Å²) in [7, 11) is 1.55. The lowest BCUT2D eigenvalue weighted by atomic mass is 10.1. The van der Waals surface area contributed by atoms with Crippen molar-refractivity contribution >= 4 is 16.7 Å². The summed E-state index contributed by atoms with van der Waals surface area (Å²) in [6.07, 6.45) is 1.38. The van der Waals surface area contributed by atoms with Crippen LogP contribution in [0.2, 0.25) is 0 Å². The smallest absolute Gasteiger partial charge is 0.258 e. The van der Waals surface area contributed by atoms with Crippen LogP contribution in [-0.2, 0) is 4.74 Å². The van der Waals surface area contributed by atoms with Crippen LogP contribution >= 0.6 is 0 Å². The van der Waals surface area contributed by atoms with Crippen LogP contribution in [0.15, 0.2) is 35.9 Å². The third kappa shape index (κ3) is 1.61. The fourth-order valence-corrected chi connectivity index (χ4v) is 1.36. The van der Waals surface area contributed by atoms with Gasteiger partial charge in [-0.3, -0.25) is 4.79 Å². The zero-order valence-corrected chi connectivity index (χ0v) is 8.28. The third-order valence-electron chi connectivity index (χ3n) is 2.21. The number of rotatable bonds is 2. The highest BCUT2D eigenvalue weighted by atomic mass is 16.5. The van der Waals surface area contributed by atoms with E-state index >= 15 is 0 Å². The lowest BCUT2D eigenvalue weighted by molar-refractivity contribution is 0.371. The predicted octanol–water partition coefficient (Wildman–Crippen LogP) is 1.54. The number of hydrogen-bond acceptors (Lipinski definition) is 3. The summed E-state index contributed by atoms with van der Waals surface area (Å²) < 4.78 is 5.01. The zero-order valence-electron chi connectivity index (χ0n) is 8.28. The second kappa shape index (κ2) is 3.57. The summed E-state index contributed by atoms with van der Waals surface area (Å²) in [4.78, 5) is 18.0. The predicted molar refractivity (Wildman–Crippen MR) is 58.4 cm³/mol. The molecule has 0 aliphatic carbocycles. The molecule has 4 heteroatoms. The van der Waals surface area contributed by atoms with Crippen molar-refractivity contribution in [3.8, 4) is 0 Å². The van der Waals surface area contributed by atoms with Crippen LogP contribution in [0.3, 0.4) is 0 Å². The average molecular weight is 202 g/mol. The lowest BCUT2D eigenvalue weighted by Crippen LogP contribution is -2.06. The molecule has 0 unspecified atom stereocenters. The molecule has 0 bridgehead atoms. The van der Waals surface area contributed by atoms with Crippen molar-refractivity contribution in [3.63, 3.8) is 0 Å². The first-order valence-corrected chi connectivity index (χ1v) is 4.43. The molecule has 0 amide bonds. The topological polar surface area (TPSA) is 55.0 Å². The van der Waals surface area contributed by atoms with Gasteiger partial charge >= 0.3 is 0 Å². The van der Waals surface area contributed by atoms with Crippen LogP contribution in [-0.4, -0.2) is 17.1 Å². The molecule has 15 heavy (non-hydrogen) atoms. The Morgan fingerprint density at radius 1 is 1.53 bits per heavy atom. The number of benzene rings is 1.